The lowest BCUT2D eigenvalue weighted by Gasteiger charge is -2.31. The van der Waals surface area contributed by atoms with Gasteiger partial charge in [-0.05, 0) is 18.6 Å². The second-order valence-corrected chi connectivity index (χ2v) is 4.90. The second-order valence-electron chi connectivity index (χ2n) is 4.90. The van der Waals surface area contributed by atoms with Crippen LogP contribution < -0.4 is 5.32 Å². The van der Waals surface area contributed by atoms with Gasteiger partial charge in [0.15, 0.2) is 0 Å². The Bertz CT molecular complexity index is 481. The van der Waals surface area contributed by atoms with E-state index < -0.39 is 0 Å². The number of carbonyl (C=O) groups is 1. The van der Waals surface area contributed by atoms with E-state index >= 15 is 0 Å². The molecular weight excluding hydrogens is 174 g/mol. The van der Waals surface area contributed by atoms with Gasteiger partial charge in [-0.1, -0.05) is 18.2 Å². The predicted molar refractivity (Wildman–Crippen MR) is 53.3 cm³/mol. The van der Waals surface area contributed by atoms with Gasteiger partial charge in [0.1, 0.15) is 5.78 Å². The SMILES string of the molecule is CC12C(=O)CC13c1ccccc1NC23. The number of anilines is 1. The van der Waals surface area contributed by atoms with E-state index in [0.29, 0.717) is 11.8 Å². The van der Waals surface area contributed by atoms with Crippen LogP contribution in [-0.4, -0.2) is 11.8 Å². The van der Waals surface area contributed by atoms with Crippen LogP contribution in [-0.2, 0) is 10.2 Å². The van der Waals surface area contributed by atoms with Crippen molar-refractivity contribution >= 4 is 11.5 Å². The lowest BCUT2D eigenvalue weighted by molar-refractivity contribution is -0.130. The summed E-state index contributed by atoms with van der Waals surface area (Å²) in [6.07, 6.45) is 0.748. The van der Waals surface area contributed by atoms with E-state index in [9.17, 15) is 4.79 Å². The predicted octanol–water partition coefficient (Wildman–Crippen LogP) is 1.71. The molecule has 1 aromatic carbocycles. The monoisotopic (exact) mass is 185 g/mol. The molecule has 3 atom stereocenters. The average Bonchev–Trinajstić information content (AvgIpc) is 2.53. The lowest BCUT2D eigenvalue weighted by atomic mass is 9.69. The Labute approximate surface area is 82.3 Å². The Balaban J connectivity index is 1.97. The van der Waals surface area contributed by atoms with Crippen molar-refractivity contribution < 1.29 is 4.79 Å². The van der Waals surface area contributed by atoms with Crippen LogP contribution in [0.4, 0.5) is 5.69 Å². The van der Waals surface area contributed by atoms with Crippen LogP contribution in [0.15, 0.2) is 24.3 Å². The van der Waals surface area contributed by atoms with E-state index in [1.807, 2.05) is 6.07 Å². The highest BCUT2D eigenvalue weighted by atomic mass is 16.1. The molecule has 2 aliphatic carbocycles. The topological polar surface area (TPSA) is 29.1 Å². The summed E-state index contributed by atoms with van der Waals surface area (Å²) in [5.41, 5.74) is 2.72. The summed E-state index contributed by atoms with van der Waals surface area (Å²) in [7, 11) is 0. The first-order valence-electron chi connectivity index (χ1n) is 5.10. The second kappa shape index (κ2) is 1.62. The molecular formula is C12H11NO. The van der Waals surface area contributed by atoms with Crippen molar-refractivity contribution in [3.05, 3.63) is 29.8 Å². The van der Waals surface area contributed by atoms with Gasteiger partial charge in [0.05, 0.1) is 11.5 Å². The third-order valence-corrected chi connectivity index (χ3v) is 4.64. The molecule has 2 nitrogen and oxygen atoms in total. The largest absolute Gasteiger partial charge is 0.380 e. The van der Waals surface area contributed by atoms with Gasteiger partial charge in [-0.3, -0.25) is 4.79 Å². The number of hydrogen-bond donors (Lipinski definition) is 1. The van der Waals surface area contributed by atoms with Crippen molar-refractivity contribution in [2.24, 2.45) is 5.41 Å². The quantitative estimate of drug-likeness (QED) is 0.666. The van der Waals surface area contributed by atoms with Crippen LogP contribution in [0.25, 0.3) is 0 Å². The number of rotatable bonds is 0. The number of fused-ring (bicyclic) bond motifs is 2. The molecule has 3 unspecified atom stereocenters. The fourth-order valence-electron chi connectivity index (χ4n) is 3.67. The van der Waals surface area contributed by atoms with Crippen LogP contribution in [0.1, 0.15) is 18.9 Å². The van der Waals surface area contributed by atoms with Crippen LogP contribution in [0, 0.1) is 5.41 Å². The standard InChI is InChI=1S/C12H11NO/c1-11-9(14)6-12(11)7-4-2-3-5-8(7)13-10(11)12/h2-5,10,13H,6H2,1H3. The molecule has 0 bridgehead atoms. The van der Waals surface area contributed by atoms with Gasteiger partial charge in [-0.15, -0.1) is 0 Å². The fraction of sp³-hybridized carbons (Fsp3) is 0.417. The van der Waals surface area contributed by atoms with Gasteiger partial charge in [0, 0.05) is 17.5 Å². The molecule has 3 aliphatic rings. The van der Waals surface area contributed by atoms with Crippen molar-refractivity contribution in [2.75, 3.05) is 5.32 Å². The normalized spacial score (nSPS) is 45.8. The molecule has 0 aromatic heterocycles. The van der Waals surface area contributed by atoms with E-state index in [0.717, 1.165) is 6.42 Å². The lowest BCUT2D eigenvalue weighted by Crippen LogP contribution is -2.38. The van der Waals surface area contributed by atoms with E-state index in [2.05, 4.69) is 30.4 Å². The number of para-hydroxylation sites is 1. The van der Waals surface area contributed by atoms with Crippen molar-refractivity contribution in [3.8, 4) is 0 Å². The molecule has 1 aromatic rings. The molecule has 4 rings (SSSR count). The zero-order valence-corrected chi connectivity index (χ0v) is 8.00. The number of nitrogens with one attached hydrogen (secondary N) is 1. The maximum absolute atomic E-state index is 11.6. The molecule has 1 spiro atoms. The Morgan fingerprint density at radius 3 is 3.00 bits per heavy atom. The Morgan fingerprint density at radius 2 is 2.21 bits per heavy atom. The molecule has 1 aliphatic heterocycles. The minimum atomic E-state index is -0.0681. The Kier molecular flexibility index (Phi) is 0.817. The Morgan fingerprint density at radius 1 is 1.43 bits per heavy atom. The van der Waals surface area contributed by atoms with Gasteiger partial charge in [-0.2, -0.15) is 0 Å². The molecule has 14 heavy (non-hydrogen) atoms. The van der Waals surface area contributed by atoms with Gasteiger partial charge in [-0.25, -0.2) is 0 Å². The van der Waals surface area contributed by atoms with Crippen LogP contribution >= 0.6 is 0 Å². The molecule has 0 amide bonds. The summed E-state index contributed by atoms with van der Waals surface area (Å²) in [5, 5.41) is 3.47. The number of benzene rings is 1. The summed E-state index contributed by atoms with van der Waals surface area (Å²) < 4.78 is 0. The maximum Gasteiger partial charge on any atom is 0.142 e. The van der Waals surface area contributed by atoms with Crippen molar-refractivity contribution in [1.82, 2.24) is 0 Å². The number of carbonyl (C=O) groups excluding carboxylic acids is 1. The van der Waals surface area contributed by atoms with E-state index in [-0.39, 0.29) is 10.8 Å². The molecule has 0 radical (unpaired) electrons. The van der Waals surface area contributed by atoms with E-state index in [4.69, 9.17) is 0 Å². The van der Waals surface area contributed by atoms with Crippen LogP contribution in [0.3, 0.4) is 0 Å². The minimum Gasteiger partial charge on any atom is -0.380 e. The van der Waals surface area contributed by atoms with Gasteiger partial charge < -0.3 is 5.32 Å². The first kappa shape index (κ1) is 7.04. The summed E-state index contributed by atoms with van der Waals surface area (Å²) in [6, 6.07) is 8.78. The molecule has 1 heterocycles. The number of Topliss-reactive ketones (excluding diaryl/α,β-unsaturated/α-hetero) is 1. The highest BCUT2D eigenvalue weighted by Crippen LogP contribution is 2.79. The fourth-order valence-corrected chi connectivity index (χ4v) is 3.67. The zero-order chi connectivity index (χ0) is 9.55. The smallest absolute Gasteiger partial charge is 0.142 e. The summed E-state index contributed by atoms with van der Waals surface area (Å²) in [5.74, 6) is 0.435. The average molecular weight is 185 g/mol. The van der Waals surface area contributed by atoms with Crippen molar-refractivity contribution in [3.63, 3.8) is 0 Å². The highest BCUT2D eigenvalue weighted by Gasteiger charge is 2.88. The van der Waals surface area contributed by atoms with Crippen molar-refractivity contribution in [1.29, 1.82) is 0 Å². The maximum atomic E-state index is 11.6. The molecule has 0 saturated heterocycles. The highest BCUT2D eigenvalue weighted by molar-refractivity contribution is 6.06. The number of hydrogen-bond acceptors (Lipinski definition) is 2. The molecule has 1 N–H and O–H groups in total. The van der Waals surface area contributed by atoms with Crippen LogP contribution in [0.2, 0.25) is 0 Å². The molecule has 2 fully saturated rings. The van der Waals surface area contributed by atoms with E-state index in [1.165, 1.54) is 11.3 Å². The minimum absolute atomic E-state index is 0.0681. The van der Waals surface area contributed by atoms with Gasteiger partial charge in [0.2, 0.25) is 0 Å². The first-order chi connectivity index (χ1) is 6.71. The van der Waals surface area contributed by atoms with Gasteiger partial charge >= 0.3 is 0 Å². The van der Waals surface area contributed by atoms with E-state index in [1.54, 1.807) is 0 Å². The molecule has 70 valence electrons. The number of ketones is 1. The van der Waals surface area contributed by atoms with Crippen LogP contribution in [0.5, 0.6) is 0 Å². The Hall–Kier alpha value is -1.31. The molecule has 2 saturated carbocycles. The zero-order valence-electron chi connectivity index (χ0n) is 8.00. The van der Waals surface area contributed by atoms with Crippen molar-refractivity contribution in [2.45, 2.75) is 24.8 Å². The summed E-state index contributed by atoms with van der Waals surface area (Å²) >= 11 is 0. The summed E-state index contributed by atoms with van der Waals surface area (Å²) in [6.45, 7) is 2.10. The third kappa shape index (κ3) is 0.407. The first-order valence-corrected chi connectivity index (χ1v) is 5.10. The third-order valence-electron chi connectivity index (χ3n) is 4.64. The molecule has 2 heteroatoms. The van der Waals surface area contributed by atoms with Gasteiger partial charge in [0.25, 0.3) is 0 Å². The summed E-state index contributed by atoms with van der Waals surface area (Å²) in [4.78, 5) is 11.6.